The molecule has 5 nitrogen and oxygen atoms in total. The van der Waals surface area contributed by atoms with Gasteiger partial charge in [-0.15, -0.1) is 5.10 Å². The predicted octanol–water partition coefficient (Wildman–Crippen LogP) is 4.60. The average molecular weight is 472 g/mol. The van der Waals surface area contributed by atoms with Crippen LogP contribution in [0, 0.1) is 0 Å². The van der Waals surface area contributed by atoms with Crippen LogP contribution < -0.4 is 10.1 Å². The van der Waals surface area contributed by atoms with Crippen LogP contribution in [0.1, 0.15) is 16.7 Å². The summed E-state index contributed by atoms with van der Waals surface area (Å²) in [7, 11) is 0. The van der Waals surface area contributed by atoms with Crippen molar-refractivity contribution in [1.29, 1.82) is 0 Å². The third kappa shape index (κ3) is 5.59. The number of benzene rings is 2. The molecule has 0 saturated carbocycles. The van der Waals surface area contributed by atoms with Gasteiger partial charge in [0.1, 0.15) is 12.4 Å². The van der Waals surface area contributed by atoms with Gasteiger partial charge in [-0.3, -0.25) is 4.79 Å². The molecule has 1 amide bonds. The standard InChI is InChI=1S/C18H13BrF3N3O2S/c19-14-4-5-15(12(7-14)8-23-25-17-24-16(26)10-28-17)27-9-11-2-1-3-13(6-11)18(20,21)22/h1-8H,9-10H2,(H,24,25,26). The van der Waals surface area contributed by atoms with Gasteiger partial charge in [0.25, 0.3) is 0 Å². The molecule has 2 aromatic rings. The van der Waals surface area contributed by atoms with E-state index in [0.29, 0.717) is 27.8 Å². The van der Waals surface area contributed by atoms with E-state index in [0.717, 1.165) is 16.6 Å². The molecule has 1 fully saturated rings. The van der Waals surface area contributed by atoms with Crippen LogP contribution in [0.3, 0.4) is 0 Å². The second kappa shape index (κ2) is 8.78. The van der Waals surface area contributed by atoms with E-state index in [1.807, 2.05) is 0 Å². The summed E-state index contributed by atoms with van der Waals surface area (Å²) in [6.07, 6.45) is -2.96. The Kier molecular flexibility index (Phi) is 6.40. The van der Waals surface area contributed by atoms with Crippen LogP contribution in [-0.4, -0.2) is 23.0 Å². The molecule has 10 heteroatoms. The first-order chi connectivity index (χ1) is 13.3. The summed E-state index contributed by atoms with van der Waals surface area (Å²) in [5.74, 6) is 0.607. The van der Waals surface area contributed by atoms with Gasteiger partial charge in [-0.2, -0.15) is 18.3 Å². The molecule has 0 atom stereocenters. The summed E-state index contributed by atoms with van der Waals surface area (Å²) in [6, 6.07) is 10.1. The van der Waals surface area contributed by atoms with E-state index < -0.39 is 11.7 Å². The van der Waals surface area contributed by atoms with Crippen molar-refractivity contribution in [3.63, 3.8) is 0 Å². The van der Waals surface area contributed by atoms with Gasteiger partial charge in [-0.25, -0.2) is 0 Å². The van der Waals surface area contributed by atoms with Gasteiger partial charge in [0.2, 0.25) is 5.91 Å². The molecule has 1 aliphatic heterocycles. The number of hydrogen-bond acceptors (Lipinski definition) is 5. The van der Waals surface area contributed by atoms with Gasteiger partial charge >= 0.3 is 6.18 Å². The average Bonchev–Trinajstić information content (AvgIpc) is 3.06. The Labute approximate surface area is 171 Å². The van der Waals surface area contributed by atoms with E-state index in [4.69, 9.17) is 4.74 Å². The highest BCUT2D eigenvalue weighted by atomic mass is 79.9. The maximum atomic E-state index is 12.8. The number of halogens is 4. The highest BCUT2D eigenvalue weighted by molar-refractivity contribution is 9.10. The van der Waals surface area contributed by atoms with Crippen molar-refractivity contribution in [1.82, 2.24) is 5.32 Å². The Morgan fingerprint density at radius 1 is 1.25 bits per heavy atom. The first kappa shape index (κ1) is 20.4. The molecule has 146 valence electrons. The number of carbonyl (C=O) groups excluding carboxylic acids is 1. The molecule has 0 unspecified atom stereocenters. The Morgan fingerprint density at radius 3 is 2.79 bits per heavy atom. The minimum atomic E-state index is -4.40. The number of rotatable bonds is 5. The van der Waals surface area contributed by atoms with Crippen LogP contribution in [0.5, 0.6) is 5.75 Å². The second-order valence-electron chi connectivity index (χ2n) is 5.66. The summed E-state index contributed by atoms with van der Waals surface area (Å²) in [6.45, 7) is -0.0349. The molecule has 0 radical (unpaired) electrons. The molecule has 0 bridgehead atoms. The van der Waals surface area contributed by atoms with Gasteiger partial charge in [0, 0.05) is 10.0 Å². The number of amidine groups is 1. The largest absolute Gasteiger partial charge is 0.488 e. The van der Waals surface area contributed by atoms with Gasteiger partial charge < -0.3 is 10.1 Å². The lowest BCUT2D eigenvalue weighted by Gasteiger charge is -2.11. The van der Waals surface area contributed by atoms with E-state index in [2.05, 4.69) is 31.4 Å². The Bertz CT molecular complexity index is 948. The molecule has 1 saturated heterocycles. The fraction of sp³-hybridized carbons (Fsp3) is 0.167. The number of alkyl halides is 3. The lowest BCUT2D eigenvalue weighted by atomic mass is 10.1. The van der Waals surface area contributed by atoms with Crippen molar-refractivity contribution in [2.45, 2.75) is 12.8 Å². The maximum Gasteiger partial charge on any atom is 0.416 e. The minimum Gasteiger partial charge on any atom is -0.488 e. The Morgan fingerprint density at radius 2 is 2.07 bits per heavy atom. The number of hydrogen-bond donors (Lipinski definition) is 1. The first-order valence-electron chi connectivity index (χ1n) is 7.93. The van der Waals surface area contributed by atoms with Crippen LogP contribution in [0.15, 0.2) is 57.1 Å². The van der Waals surface area contributed by atoms with Crippen LogP contribution >= 0.6 is 27.7 Å². The normalized spacial score (nSPS) is 16.0. The van der Waals surface area contributed by atoms with E-state index in [9.17, 15) is 18.0 Å². The maximum absolute atomic E-state index is 12.8. The van der Waals surface area contributed by atoms with Gasteiger partial charge in [0.15, 0.2) is 5.17 Å². The van der Waals surface area contributed by atoms with E-state index in [1.54, 1.807) is 24.3 Å². The fourth-order valence-electron chi connectivity index (χ4n) is 2.27. The van der Waals surface area contributed by atoms with E-state index in [-0.39, 0.29) is 12.5 Å². The summed E-state index contributed by atoms with van der Waals surface area (Å²) < 4.78 is 44.9. The van der Waals surface area contributed by atoms with E-state index >= 15 is 0 Å². The van der Waals surface area contributed by atoms with Gasteiger partial charge in [-0.05, 0) is 35.9 Å². The molecule has 3 rings (SSSR count). The number of amides is 1. The van der Waals surface area contributed by atoms with Crippen molar-refractivity contribution in [2.24, 2.45) is 10.2 Å². The third-order valence-corrected chi connectivity index (χ3v) is 4.91. The summed E-state index contributed by atoms with van der Waals surface area (Å²) in [5.41, 5.74) is 0.254. The predicted molar refractivity (Wildman–Crippen MR) is 106 cm³/mol. The Balaban J connectivity index is 1.73. The molecule has 0 spiro atoms. The molecular weight excluding hydrogens is 459 g/mol. The second-order valence-corrected chi connectivity index (χ2v) is 7.54. The zero-order valence-corrected chi connectivity index (χ0v) is 16.6. The summed E-state index contributed by atoms with van der Waals surface area (Å²) >= 11 is 4.60. The Hall–Kier alpha value is -2.33. The number of nitrogens with one attached hydrogen (secondary N) is 1. The molecule has 0 aliphatic carbocycles. The molecule has 0 aromatic heterocycles. The highest BCUT2D eigenvalue weighted by Crippen LogP contribution is 2.30. The zero-order valence-electron chi connectivity index (χ0n) is 14.2. The van der Waals surface area contributed by atoms with Crippen molar-refractivity contribution < 1.29 is 22.7 Å². The highest BCUT2D eigenvalue weighted by Gasteiger charge is 2.30. The van der Waals surface area contributed by atoms with Crippen molar-refractivity contribution in [3.05, 3.63) is 63.6 Å². The molecule has 2 aromatic carbocycles. The first-order valence-corrected chi connectivity index (χ1v) is 9.71. The lowest BCUT2D eigenvalue weighted by Crippen LogP contribution is -2.19. The van der Waals surface area contributed by atoms with Gasteiger partial charge in [-0.1, -0.05) is 39.8 Å². The van der Waals surface area contributed by atoms with Crippen LogP contribution in [-0.2, 0) is 17.6 Å². The smallest absolute Gasteiger partial charge is 0.416 e. The monoisotopic (exact) mass is 471 g/mol. The topological polar surface area (TPSA) is 63.0 Å². The number of thioether (sulfide) groups is 1. The van der Waals surface area contributed by atoms with Gasteiger partial charge in [0.05, 0.1) is 17.5 Å². The minimum absolute atomic E-state index is 0.0349. The molecular formula is C18H13BrF3N3O2S. The van der Waals surface area contributed by atoms with Crippen molar-refractivity contribution in [2.75, 3.05) is 5.75 Å². The summed E-state index contributed by atoms with van der Waals surface area (Å²) in [4.78, 5) is 11.1. The third-order valence-electron chi connectivity index (χ3n) is 3.55. The quantitative estimate of drug-likeness (QED) is 0.511. The number of carbonyl (C=O) groups is 1. The van der Waals surface area contributed by atoms with Crippen LogP contribution in [0.25, 0.3) is 0 Å². The number of nitrogens with zero attached hydrogens (tertiary/aromatic N) is 2. The SMILES string of the molecule is O=C1CSC(=NN=Cc2cc(Br)ccc2OCc2cccc(C(F)(F)F)c2)N1. The van der Waals surface area contributed by atoms with Crippen LogP contribution in [0.2, 0.25) is 0 Å². The van der Waals surface area contributed by atoms with Crippen LogP contribution in [0.4, 0.5) is 13.2 Å². The zero-order chi connectivity index (χ0) is 20.1. The lowest BCUT2D eigenvalue weighted by molar-refractivity contribution is -0.137. The van der Waals surface area contributed by atoms with E-state index in [1.165, 1.54) is 24.0 Å². The summed E-state index contributed by atoms with van der Waals surface area (Å²) in [5, 5.41) is 10.8. The molecule has 1 aliphatic rings. The molecule has 28 heavy (non-hydrogen) atoms. The van der Waals surface area contributed by atoms with Crippen molar-refractivity contribution >= 4 is 45.0 Å². The molecule has 1 heterocycles. The number of ether oxygens (including phenoxy) is 1. The van der Waals surface area contributed by atoms with Crippen molar-refractivity contribution in [3.8, 4) is 5.75 Å². The fourth-order valence-corrected chi connectivity index (χ4v) is 3.28. The molecule has 1 N–H and O–H groups in total.